The van der Waals surface area contributed by atoms with Crippen LogP contribution in [-0.2, 0) is 16.0 Å². The van der Waals surface area contributed by atoms with Crippen LogP contribution in [0.3, 0.4) is 0 Å². The molecule has 29 heavy (non-hydrogen) atoms. The van der Waals surface area contributed by atoms with Gasteiger partial charge in [0.2, 0.25) is 0 Å². The van der Waals surface area contributed by atoms with Crippen molar-refractivity contribution in [2.24, 2.45) is 5.92 Å². The highest BCUT2D eigenvalue weighted by Crippen LogP contribution is 2.33. The lowest BCUT2D eigenvalue weighted by Crippen LogP contribution is -2.33. The Hall–Kier alpha value is -2.18. The van der Waals surface area contributed by atoms with Gasteiger partial charge in [-0.1, -0.05) is 38.1 Å². The molecule has 1 aliphatic rings. The molecule has 0 aliphatic carbocycles. The predicted octanol–water partition coefficient (Wildman–Crippen LogP) is 4.35. The van der Waals surface area contributed by atoms with Gasteiger partial charge in [-0.2, -0.15) is 0 Å². The molecule has 5 nitrogen and oxygen atoms in total. The lowest BCUT2D eigenvalue weighted by Gasteiger charge is -2.30. The Labute approximate surface area is 177 Å². The van der Waals surface area contributed by atoms with Crippen LogP contribution in [0.25, 0.3) is 0 Å². The second kappa shape index (κ2) is 10.6. The van der Waals surface area contributed by atoms with E-state index >= 15 is 0 Å². The van der Waals surface area contributed by atoms with E-state index in [0.29, 0.717) is 25.6 Å². The standard InChI is InChI=1S/C23H29NO4S/c1-17(2)16-28-21(23(25)26)15-18-7-9-19(10-8-18)27-13-11-24-12-14-29-22-6-4-3-5-20(22)24/h3-10,17,21H,11-16H2,1-2H3,(H,25,26)/t21-/m0/s1. The first-order valence-electron chi connectivity index (χ1n) is 10.1. The maximum absolute atomic E-state index is 11.4. The third-order valence-corrected chi connectivity index (χ3v) is 5.75. The zero-order chi connectivity index (χ0) is 20.6. The SMILES string of the molecule is CC(C)CO[C@@H](Cc1ccc(OCCN2CCSc3ccccc32)cc1)C(=O)O. The number of benzene rings is 2. The summed E-state index contributed by atoms with van der Waals surface area (Å²) in [7, 11) is 0. The minimum absolute atomic E-state index is 0.304. The summed E-state index contributed by atoms with van der Waals surface area (Å²) in [6.45, 7) is 6.92. The number of thioether (sulfide) groups is 1. The number of carbonyl (C=O) groups is 1. The van der Waals surface area contributed by atoms with Crippen LogP contribution < -0.4 is 9.64 Å². The third kappa shape index (κ3) is 6.41. The van der Waals surface area contributed by atoms with Gasteiger partial charge in [0.15, 0.2) is 6.10 Å². The Kier molecular flexibility index (Phi) is 7.83. The number of anilines is 1. The van der Waals surface area contributed by atoms with Crippen LogP contribution in [0.15, 0.2) is 53.4 Å². The minimum Gasteiger partial charge on any atom is -0.492 e. The number of hydrogen-bond donors (Lipinski definition) is 1. The van der Waals surface area contributed by atoms with E-state index in [9.17, 15) is 9.90 Å². The molecule has 1 heterocycles. The third-order valence-electron chi connectivity index (χ3n) is 4.71. The summed E-state index contributed by atoms with van der Waals surface area (Å²) in [6.07, 6.45) is -0.467. The second-order valence-electron chi connectivity index (χ2n) is 7.55. The summed E-state index contributed by atoms with van der Waals surface area (Å²) >= 11 is 1.90. The zero-order valence-electron chi connectivity index (χ0n) is 17.0. The molecule has 0 unspecified atom stereocenters. The predicted molar refractivity (Wildman–Crippen MR) is 117 cm³/mol. The van der Waals surface area contributed by atoms with Gasteiger partial charge in [0.1, 0.15) is 12.4 Å². The normalized spacial score (nSPS) is 14.5. The Morgan fingerprint density at radius 1 is 1.17 bits per heavy atom. The topological polar surface area (TPSA) is 59.0 Å². The molecule has 2 aromatic rings. The van der Waals surface area contributed by atoms with Crippen molar-refractivity contribution < 1.29 is 19.4 Å². The fourth-order valence-electron chi connectivity index (χ4n) is 3.19. The number of aliphatic carboxylic acids is 1. The monoisotopic (exact) mass is 415 g/mol. The molecule has 6 heteroatoms. The number of ether oxygens (including phenoxy) is 2. The number of carboxylic acid groups (broad SMARTS) is 1. The molecule has 0 spiro atoms. The van der Waals surface area contributed by atoms with Gasteiger partial charge >= 0.3 is 5.97 Å². The average Bonchev–Trinajstić information content (AvgIpc) is 2.72. The van der Waals surface area contributed by atoms with Crippen LogP contribution in [0.4, 0.5) is 5.69 Å². The highest BCUT2D eigenvalue weighted by atomic mass is 32.2. The number of fused-ring (bicyclic) bond motifs is 1. The maximum atomic E-state index is 11.4. The summed E-state index contributed by atoms with van der Waals surface area (Å²) in [6, 6.07) is 16.1. The van der Waals surface area contributed by atoms with Crippen molar-refractivity contribution in [2.75, 3.05) is 37.0 Å². The van der Waals surface area contributed by atoms with Crippen molar-refractivity contribution in [3.05, 3.63) is 54.1 Å². The van der Waals surface area contributed by atoms with Crippen molar-refractivity contribution in [1.82, 2.24) is 0 Å². The van der Waals surface area contributed by atoms with Crippen molar-refractivity contribution in [2.45, 2.75) is 31.3 Å². The van der Waals surface area contributed by atoms with E-state index in [-0.39, 0.29) is 0 Å². The quantitative estimate of drug-likeness (QED) is 0.623. The van der Waals surface area contributed by atoms with Gasteiger partial charge in [-0.25, -0.2) is 4.79 Å². The van der Waals surface area contributed by atoms with Crippen molar-refractivity contribution in [3.8, 4) is 5.75 Å². The number of nitrogens with zero attached hydrogens (tertiary/aromatic N) is 1. The highest BCUT2D eigenvalue weighted by Gasteiger charge is 2.19. The van der Waals surface area contributed by atoms with Crippen LogP contribution in [0, 0.1) is 5.92 Å². The molecule has 0 amide bonds. The fourth-order valence-corrected chi connectivity index (χ4v) is 4.25. The van der Waals surface area contributed by atoms with Crippen molar-refractivity contribution in [1.29, 1.82) is 0 Å². The van der Waals surface area contributed by atoms with Gasteiger partial charge in [0, 0.05) is 23.6 Å². The molecule has 0 radical (unpaired) electrons. The lowest BCUT2D eigenvalue weighted by molar-refractivity contribution is -0.150. The molecule has 2 aromatic carbocycles. The summed E-state index contributed by atoms with van der Waals surface area (Å²) in [4.78, 5) is 15.1. The Morgan fingerprint density at radius 3 is 2.66 bits per heavy atom. The molecule has 3 rings (SSSR count). The van der Waals surface area contributed by atoms with Gasteiger partial charge in [0.25, 0.3) is 0 Å². The molecular weight excluding hydrogens is 386 g/mol. The van der Waals surface area contributed by atoms with Crippen LogP contribution in [-0.4, -0.2) is 49.2 Å². The lowest BCUT2D eigenvalue weighted by atomic mass is 10.1. The summed E-state index contributed by atoms with van der Waals surface area (Å²) in [5.74, 6) is 1.27. The van der Waals surface area contributed by atoms with Gasteiger partial charge in [-0.3, -0.25) is 0 Å². The van der Waals surface area contributed by atoms with Gasteiger partial charge in [0.05, 0.1) is 18.8 Å². The molecule has 0 saturated heterocycles. The first-order chi connectivity index (χ1) is 14.0. The molecule has 156 valence electrons. The fraction of sp³-hybridized carbons (Fsp3) is 0.435. The van der Waals surface area contributed by atoms with Gasteiger partial charge in [-0.05, 0) is 35.7 Å². The van der Waals surface area contributed by atoms with Crippen LogP contribution >= 0.6 is 11.8 Å². The number of rotatable bonds is 10. The van der Waals surface area contributed by atoms with Crippen LogP contribution in [0.2, 0.25) is 0 Å². The van der Waals surface area contributed by atoms with Crippen LogP contribution in [0.1, 0.15) is 19.4 Å². The Balaban J connectivity index is 1.49. The van der Waals surface area contributed by atoms with E-state index in [1.165, 1.54) is 10.6 Å². The molecule has 1 N–H and O–H groups in total. The second-order valence-corrected chi connectivity index (χ2v) is 8.69. The van der Waals surface area contributed by atoms with E-state index in [0.717, 1.165) is 30.2 Å². The molecule has 0 fully saturated rings. The first kappa shape index (κ1) is 21.5. The van der Waals surface area contributed by atoms with E-state index in [1.54, 1.807) is 0 Å². The van der Waals surface area contributed by atoms with Crippen molar-refractivity contribution >= 4 is 23.4 Å². The summed E-state index contributed by atoms with van der Waals surface area (Å²) in [5, 5.41) is 9.36. The Bertz CT molecular complexity index is 794. The first-order valence-corrected chi connectivity index (χ1v) is 11.0. The average molecular weight is 416 g/mol. The van der Waals surface area contributed by atoms with Crippen LogP contribution in [0.5, 0.6) is 5.75 Å². The molecular formula is C23H29NO4S. The molecule has 0 aromatic heterocycles. The highest BCUT2D eigenvalue weighted by molar-refractivity contribution is 7.99. The van der Waals surface area contributed by atoms with Crippen molar-refractivity contribution in [3.63, 3.8) is 0 Å². The van der Waals surface area contributed by atoms with E-state index in [4.69, 9.17) is 9.47 Å². The van der Waals surface area contributed by atoms with Gasteiger partial charge in [-0.15, -0.1) is 11.8 Å². The summed E-state index contributed by atoms with van der Waals surface area (Å²) < 4.78 is 11.4. The van der Waals surface area contributed by atoms with E-state index in [2.05, 4.69) is 29.2 Å². The molecule has 0 saturated carbocycles. The smallest absolute Gasteiger partial charge is 0.333 e. The molecule has 1 atom stereocenters. The minimum atomic E-state index is -0.925. The maximum Gasteiger partial charge on any atom is 0.333 e. The largest absolute Gasteiger partial charge is 0.492 e. The number of para-hydroxylation sites is 1. The van der Waals surface area contributed by atoms with E-state index in [1.807, 2.05) is 49.9 Å². The number of hydrogen-bond acceptors (Lipinski definition) is 5. The number of carboxylic acids is 1. The molecule has 1 aliphatic heterocycles. The van der Waals surface area contributed by atoms with Gasteiger partial charge < -0.3 is 19.5 Å². The molecule has 0 bridgehead atoms. The Morgan fingerprint density at radius 2 is 1.93 bits per heavy atom. The summed E-state index contributed by atoms with van der Waals surface area (Å²) in [5.41, 5.74) is 2.21. The zero-order valence-corrected chi connectivity index (χ0v) is 17.9. The van der Waals surface area contributed by atoms with E-state index < -0.39 is 12.1 Å².